The second-order valence-electron chi connectivity index (χ2n) is 5.51. The predicted molar refractivity (Wildman–Crippen MR) is 71.7 cm³/mol. The third-order valence-electron chi connectivity index (χ3n) is 3.31. The van der Waals surface area contributed by atoms with Crippen molar-refractivity contribution in [1.29, 1.82) is 0 Å². The molecule has 1 rings (SSSR count). The zero-order valence-electron chi connectivity index (χ0n) is 11.4. The van der Waals surface area contributed by atoms with Crippen LogP contribution in [0.5, 0.6) is 0 Å². The summed E-state index contributed by atoms with van der Waals surface area (Å²) in [6, 6.07) is 1.45. The molecule has 1 N–H and O–H groups in total. The topological polar surface area (TPSA) is 15.3 Å². The first kappa shape index (κ1) is 13.7. The molecule has 16 heavy (non-hydrogen) atoms. The van der Waals surface area contributed by atoms with Crippen LogP contribution in [0.4, 0.5) is 0 Å². The van der Waals surface area contributed by atoms with E-state index in [0.717, 1.165) is 25.7 Å². The highest BCUT2D eigenvalue weighted by molar-refractivity contribution is 4.94. The van der Waals surface area contributed by atoms with Gasteiger partial charge < -0.3 is 5.32 Å². The second kappa shape index (κ2) is 6.41. The largest absolute Gasteiger partial charge is 0.312 e. The summed E-state index contributed by atoms with van der Waals surface area (Å²) in [5, 5.41) is 3.65. The lowest BCUT2D eigenvalue weighted by Gasteiger charge is -2.34. The van der Waals surface area contributed by atoms with Crippen molar-refractivity contribution in [3.05, 3.63) is 12.2 Å². The Morgan fingerprint density at radius 2 is 2.06 bits per heavy atom. The number of nitrogens with one attached hydrogen (secondary N) is 1. The maximum absolute atomic E-state index is 4.03. The Morgan fingerprint density at radius 3 is 2.44 bits per heavy atom. The molecule has 0 spiro atoms. The van der Waals surface area contributed by atoms with Crippen LogP contribution in [0.2, 0.25) is 0 Å². The van der Waals surface area contributed by atoms with Gasteiger partial charge in [-0.1, -0.05) is 32.9 Å². The summed E-state index contributed by atoms with van der Waals surface area (Å²) in [6.45, 7) is 16.3. The van der Waals surface area contributed by atoms with Crippen LogP contribution in [0, 0.1) is 5.92 Å². The normalized spacial score (nSPS) is 18.1. The summed E-state index contributed by atoms with van der Waals surface area (Å²) in [4.78, 5) is 2.54. The van der Waals surface area contributed by atoms with Gasteiger partial charge >= 0.3 is 0 Å². The first-order valence-corrected chi connectivity index (χ1v) is 6.66. The van der Waals surface area contributed by atoms with E-state index in [2.05, 4.69) is 44.5 Å². The molecule has 0 amide bonds. The van der Waals surface area contributed by atoms with Crippen molar-refractivity contribution in [1.82, 2.24) is 10.2 Å². The van der Waals surface area contributed by atoms with Crippen molar-refractivity contribution in [2.24, 2.45) is 5.92 Å². The number of nitrogens with zero attached hydrogens (tertiary/aromatic N) is 1. The number of hydrogen-bond donors (Lipinski definition) is 1. The Kier molecular flexibility index (Phi) is 5.50. The molecule has 1 atom stereocenters. The van der Waals surface area contributed by atoms with Gasteiger partial charge in [0.25, 0.3) is 0 Å². The molecule has 0 aliphatic heterocycles. The van der Waals surface area contributed by atoms with Crippen molar-refractivity contribution < 1.29 is 0 Å². The molecule has 0 bridgehead atoms. The minimum Gasteiger partial charge on any atom is -0.312 e. The molecule has 1 fully saturated rings. The van der Waals surface area contributed by atoms with Crippen LogP contribution < -0.4 is 5.32 Å². The first-order chi connectivity index (χ1) is 7.54. The van der Waals surface area contributed by atoms with Gasteiger partial charge in [0.05, 0.1) is 0 Å². The molecule has 0 aromatic carbocycles. The fourth-order valence-electron chi connectivity index (χ4n) is 2.17. The maximum atomic E-state index is 4.03. The lowest BCUT2D eigenvalue weighted by molar-refractivity contribution is 0.172. The van der Waals surface area contributed by atoms with E-state index in [9.17, 15) is 0 Å². The fourth-order valence-corrected chi connectivity index (χ4v) is 2.17. The van der Waals surface area contributed by atoms with Crippen LogP contribution in [-0.2, 0) is 0 Å². The van der Waals surface area contributed by atoms with E-state index in [1.165, 1.54) is 18.4 Å². The summed E-state index contributed by atoms with van der Waals surface area (Å²) in [7, 11) is 0. The molecule has 0 aromatic heterocycles. The third kappa shape index (κ3) is 4.67. The quantitative estimate of drug-likeness (QED) is 0.638. The van der Waals surface area contributed by atoms with Gasteiger partial charge in [0, 0.05) is 25.2 Å². The van der Waals surface area contributed by atoms with Crippen molar-refractivity contribution in [2.45, 2.75) is 52.6 Å². The van der Waals surface area contributed by atoms with Crippen LogP contribution in [0.3, 0.4) is 0 Å². The zero-order chi connectivity index (χ0) is 12.1. The van der Waals surface area contributed by atoms with Gasteiger partial charge in [-0.25, -0.2) is 0 Å². The van der Waals surface area contributed by atoms with E-state index in [0.29, 0.717) is 12.0 Å². The highest BCUT2D eigenvalue weighted by Crippen LogP contribution is 2.20. The number of likely N-dealkylation sites (N-methyl/N-ethyl adjacent to an activating group) is 1. The number of rotatable bonds is 8. The molecular formula is C14H28N2. The summed E-state index contributed by atoms with van der Waals surface area (Å²) in [5.41, 5.74) is 1.26. The van der Waals surface area contributed by atoms with E-state index in [4.69, 9.17) is 0 Å². The van der Waals surface area contributed by atoms with Crippen molar-refractivity contribution in [3.63, 3.8) is 0 Å². The van der Waals surface area contributed by atoms with Gasteiger partial charge in [-0.2, -0.15) is 0 Å². The van der Waals surface area contributed by atoms with Gasteiger partial charge in [0.15, 0.2) is 0 Å². The molecule has 0 saturated heterocycles. The average molecular weight is 224 g/mol. The molecule has 0 radical (unpaired) electrons. The smallest absolute Gasteiger partial charge is 0.0246 e. The van der Waals surface area contributed by atoms with Gasteiger partial charge in [0.2, 0.25) is 0 Å². The molecule has 2 heteroatoms. The fraction of sp³-hybridized carbons (Fsp3) is 0.857. The maximum Gasteiger partial charge on any atom is 0.0246 e. The van der Waals surface area contributed by atoms with Crippen LogP contribution in [0.15, 0.2) is 12.2 Å². The first-order valence-electron chi connectivity index (χ1n) is 6.66. The molecule has 1 saturated carbocycles. The van der Waals surface area contributed by atoms with Crippen molar-refractivity contribution in [2.75, 3.05) is 19.6 Å². The molecule has 1 unspecified atom stereocenters. The number of hydrogen-bond acceptors (Lipinski definition) is 2. The Morgan fingerprint density at radius 1 is 1.44 bits per heavy atom. The molecule has 1 aliphatic rings. The van der Waals surface area contributed by atoms with Crippen LogP contribution in [0.25, 0.3) is 0 Å². The minimum absolute atomic E-state index is 0.641. The molecule has 1 aliphatic carbocycles. The third-order valence-corrected chi connectivity index (χ3v) is 3.31. The van der Waals surface area contributed by atoms with E-state index >= 15 is 0 Å². The molecule has 0 aromatic rings. The SMILES string of the molecule is C=C(C)CN(CC)C(CNC1CC1)C(C)C. The standard InChI is InChI=1S/C14H28N2/c1-6-16(10-11(2)3)14(12(4)5)9-15-13-7-8-13/h12-15H,2,6-10H2,1,3-5H3. The summed E-state index contributed by atoms with van der Waals surface area (Å²) < 4.78 is 0. The Labute approximate surface area is 101 Å². The molecule has 0 heterocycles. The molecule has 2 nitrogen and oxygen atoms in total. The van der Waals surface area contributed by atoms with Gasteiger partial charge in [-0.15, -0.1) is 0 Å². The average Bonchev–Trinajstić information content (AvgIpc) is 2.99. The van der Waals surface area contributed by atoms with E-state index in [1.54, 1.807) is 0 Å². The molecular weight excluding hydrogens is 196 g/mol. The van der Waals surface area contributed by atoms with E-state index < -0.39 is 0 Å². The Bertz CT molecular complexity index is 219. The summed E-state index contributed by atoms with van der Waals surface area (Å²) in [6.07, 6.45) is 2.74. The lowest BCUT2D eigenvalue weighted by Crippen LogP contribution is -2.46. The minimum atomic E-state index is 0.641. The second-order valence-corrected chi connectivity index (χ2v) is 5.51. The van der Waals surface area contributed by atoms with Gasteiger partial charge in [-0.05, 0) is 32.2 Å². The predicted octanol–water partition coefficient (Wildman–Crippen LogP) is 2.66. The van der Waals surface area contributed by atoms with Crippen molar-refractivity contribution in [3.8, 4) is 0 Å². The summed E-state index contributed by atoms with van der Waals surface area (Å²) >= 11 is 0. The Hall–Kier alpha value is -0.340. The Balaban J connectivity index is 2.46. The highest BCUT2D eigenvalue weighted by atomic mass is 15.2. The van der Waals surface area contributed by atoms with Gasteiger partial charge in [-0.3, -0.25) is 4.90 Å². The summed E-state index contributed by atoms with van der Waals surface area (Å²) in [5.74, 6) is 0.700. The highest BCUT2D eigenvalue weighted by Gasteiger charge is 2.25. The van der Waals surface area contributed by atoms with Crippen LogP contribution in [0.1, 0.15) is 40.5 Å². The molecule has 94 valence electrons. The van der Waals surface area contributed by atoms with Crippen LogP contribution >= 0.6 is 0 Å². The van der Waals surface area contributed by atoms with Crippen molar-refractivity contribution >= 4 is 0 Å². The van der Waals surface area contributed by atoms with Gasteiger partial charge in [0.1, 0.15) is 0 Å². The van der Waals surface area contributed by atoms with Crippen LogP contribution in [-0.4, -0.2) is 36.6 Å². The zero-order valence-corrected chi connectivity index (χ0v) is 11.4. The van der Waals surface area contributed by atoms with E-state index in [1.807, 2.05) is 0 Å². The monoisotopic (exact) mass is 224 g/mol. The lowest BCUT2D eigenvalue weighted by atomic mass is 10.0. The van der Waals surface area contributed by atoms with E-state index in [-0.39, 0.29) is 0 Å².